The van der Waals surface area contributed by atoms with E-state index in [1.54, 1.807) is 36.6 Å². The molecular weight excluding hydrogens is 628 g/mol. The summed E-state index contributed by atoms with van der Waals surface area (Å²) >= 11 is 3.47. The number of nitrogens with one attached hydrogen (secondary N) is 1. The summed E-state index contributed by atoms with van der Waals surface area (Å²) in [6, 6.07) is 19.9. The minimum atomic E-state index is -4.44. The standard InChI is InChI=1S/C36H36F3N3O2S2/c1-6-44-34(43)27(19-23-10-12-24(13-11-23)28-15-14-25(20-41-28)36(37,38)39)32-33(46-35(3,4)5)31-22(2)30(17-16-29(31)42-32)45-21-26-9-7-8-18-40-26/h7-18,20,27,42H,6,19,21H2,1-5H3. The number of fused-ring (bicyclic) bond motifs is 1. The van der Waals surface area contributed by atoms with Crippen molar-refractivity contribution in [3.63, 3.8) is 0 Å². The number of nitrogens with zero attached hydrogens (tertiary/aromatic N) is 2. The number of H-pyrrole nitrogens is 1. The van der Waals surface area contributed by atoms with Crippen LogP contribution in [0, 0.1) is 6.92 Å². The van der Waals surface area contributed by atoms with E-state index in [9.17, 15) is 18.0 Å². The molecule has 0 aliphatic carbocycles. The predicted octanol–water partition coefficient (Wildman–Crippen LogP) is 10.0. The maximum Gasteiger partial charge on any atom is 0.417 e. The third-order valence-electron chi connectivity index (χ3n) is 7.37. The predicted molar refractivity (Wildman–Crippen MR) is 180 cm³/mol. The zero-order valence-corrected chi connectivity index (χ0v) is 28.0. The van der Waals surface area contributed by atoms with Crippen LogP contribution in [-0.2, 0) is 27.9 Å². The first-order valence-corrected chi connectivity index (χ1v) is 16.8. The number of alkyl halides is 3. The molecule has 5 rings (SSSR count). The lowest BCUT2D eigenvalue weighted by molar-refractivity contribution is -0.145. The number of carbonyl (C=O) groups excluding carboxylic acids is 1. The van der Waals surface area contributed by atoms with Crippen molar-refractivity contribution < 1.29 is 22.7 Å². The number of pyridine rings is 2. The number of carbonyl (C=O) groups is 1. The fraction of sp³-hybridized carbons (Fsp3) is 0.306. The van der Waals surface area contributed by atoms with Gasteiger partial charge in [0.2, 0.25) is 0 Å². The van der Waals surface area contributed by atoms with Crippen LogP contribution >= 0.6 is 23.5 Å². The van der Waals surface area contributed by atoms with Crippen molar-refractivity contribution in [2.75, 3.05) is 6.61 Å². The number of thioether (sulfide) groups is 2. The normalized spacial score (nSPS) is 12.8. The van der Waals surface area contributed by atoms with Crippen LogP contribution in [0.2, 0.25) is 0 Å². The van der Waals surface area contributed by atoms with Gasteiger partial charge in [0.1, 0.15) is 5.92 Å². The average molecular weight is 664 g/mol. The molecule has 0 spiro atoms. The Kier molecular flexibility index (Phi) is 10.2. The second kappa shape index (κ2) is 13.9. The lowest BCUT2D eigenvalue weighted by atomic mass is 9.94. The number of hydrogen-bond acceptors (Lipinski definition) is 6. The van der Waals surface area contributed by atoms with E-state index in [1.807, 2.05) is 42.5 Å². The summed E-state index contributed by atoms with van der Waals surface area (Å²) in [5.74, 6) is -0.174. The Morgan fingerprint density at radius 1 is 0.978 bits per heavy atom. The quantitative estimate of drug-likeness (QED) is 0.119. The monoisotopic (exact) mass is 663 g/mol. The molecule has 1 N–H and O–H groups in total. The van der Waals surface area contributed by atoms with Gasteiger partial charge in [-0.3, -0.25) is 14.8 Å². The Hall–Kier alpha value is -3.76. The zero-order chi connectivity index (χ0) is 33.1. The molecular formula is C36H36F3N3O2S2. The summed E-state index contributed by atoms with van der Waals surface area (Å²) in [6.07, 6.45) is -1.42. The van der Waals surface area contributed by atoms with E-state index in [1.165, 1.54) is 6.07 Å². The molecule has 0 aliphatic rings. The van der Waals surface area contributed by atoms with Crippen molar-refractivity contribution in [1.82, 2.24) is 15.0 Å². The molecule has 0 aliphatic heterocycles. The van der Waals surface area contributed by atoms with Gasteiger partial charge in [0.25, 0.3) is 0 Å². The highest BCUT2D eigenvalue weighted by atomic mass is 32.2. The van der Waals surface area contributed by atoms with Crippen molar-refractivity contribution in [3.8, 4) is 11.3 Å². The summed E-state index contributed by atoms with van der Waals surface area (Å²) in [6.45, 7) is 10.6. The van der Waals surface area contributed by atoms with Gasteiger partial charge in [0.15, 0.2) is 0 Å². The van der Waals surface area contributed by atoms with Gasteiger partial charge in [-0.05, 0) is 67.8 Å². The highest BCUT2D eigenvalue weighted by molar-refractivity contribution is 8.01. The van der Waals surface area contributed by atoms with Crippen molar-refractivity contribution >= 4 is 40.4 Å². The highest BCUT2D eigenvalue weighted by Gasteiger charge is 2.32. The SMILES string of the molecule is CCOC(=O)C(Cc1ccc(-c2ccc(C(F)(F)F)cn2)cc1)c1[nH]c2ccc(SCc3ccccn3)c(C)c2c1SC(C)(C)C. The van der Waals surface area contributed by atoms with E-state index in [0.717, 1.165) is 61.2 Å². The molecule has 5 aromatic rings. The van der Waals surface area contributed by atoms with Crippen LogP contribution in [0.4, 0.5) is 13.2 Å². The van der Waals surface area contributed by atoms with Gasteiger partial charge < -0.3 is 9.72 Å². The molecule has 1 unspecified atom stereocenters. The van der Waals surface area contributed by atoms with Crippen LogP contribution in [-0.4, -0.2) is 32.3 Å². The Morgan fingerprint density at radius 2 is 1.74 bits per heavy atom. The van der Waals surface area contributed by atoms with Crippen molar-refractivity contribution in [2.24, 2.45) is 0 Å². The fourth-order valence-electron chi connectivity index (χ4n) is 5.20. The molecule has 240 valence electrons. The Morgan fingerprint density at radius 3 is 2.35 bits per heavy atom. The molecule has 0 saturated heterocycles. The van der Waals surface area contributed by atoms with E-state index in [-0.39, 0.29) is 17.3 Å². The van der Waals surface area contributed by atoms with Gasteiger partial charge in [-0.15, -0.1) is 23.5 Å². The molecule has 46 heavy (non-hydrogen) atoms. The molecule has 5 nitrogen and oxygen atoms in total. The first kappa shape index (κ1) is 33.6. The lowest BCUT2D eigenvalue weighted by Crippen LogP contribution is -2.20. The van der Waals surface area contributed by atoms with Crippen LogP contribution in [0.5, 0.6) is 0 Å². The Balaban J connectivity index is 1.50. The first-order valence-electron chi connectivity index (χ1n) is 15.0. The number of aryl methyl sites for hydroxylation is 1. The van der Waals surface area contributed by atoms with Gasteiger partial charge in [0.05, 0.1) is 23.6 Å². The average Bonchev–Trinajstić information content (AvgIpc) is 3.37. The van der Waals surface area contributed by atoms with Gasteiger partial charge in [-0.2, -0.15) is 13.2 Å². The smallest absolute Gasteiger partial charge is 0.417 e. The lowest BCUT2D eigenvalue weighted by Gasteiger charge is -2.22. The summed E-state index contributed by atoms with van der Waals surface area (Å²) < 4.78 is 44.5. The van der Waals surface area contributed by atoms with Crippen LogP contribution in [0.25, 0.3) is 22.2 Å². The van der Waals surface area contributed by atoms with E-state index < -0.39 is 17.7 Å². The number of esters is 1. The topological polar surface area (TPSA) is 67.9 Å². The van der Waals surface area contributed by atoms with Crippen LogP contribution in [0.15, 0.2) is 88.9 Å². The second-order valence-corrected chi connectivity index (χ2v) is 14.8. The first-order chi connectivity index (χ1) is 21.8. The number of hydrogen-bond donors (Lipinski definition) is 1. The van der Waals surface area contributed by atoms with Crippen LogP contribution in [0.1, 0.15) is 61.7 Å². The van der Waals surface area contributed by atoms with E-state index in [2.05, 4.69) is 54.8 Å². The third-order valence-corrected chi connectivity index (χ3v) is 9.80. The second-order valence-electron chi connectivity index (χ2n) is 11.9. The molecule has 0 amide bonds. The van der Waals surface area contributed by atoms with E-state index in [0.29, 0.717) is 17.7 Å². The third kappa shape index (κ3) is 7.96. The maximum absolute atomic E-state index is 13.6. The molecule has 0 bridgehead atoms. The van der Waals surface area contributed by atoms with Gasteiger partial charge in [-0.25, -0.2) is 0 Å². The van der Waals surface area contributed by atoms with Crippen molar-refractivity contribution in [1.29, 1.82) is 0 Å². The van der Waals surface area contributed by atoms with Crippen molar-refractivity contribution in [2.45, 2.75) is 73.4 Å². The zero-order valence-electron chi connectivity index (χ0n) is 26.4. The number of benzene rings is 2. The number of aromatic amines is 1. The highest BCUT2D eigenvalue weighted by Crippen LogP contribution is 2.45. The maximum atomic E-state index is 13.6. The number of aromatic nitrogens is 3. The minimum Gasteiger partial charge on any atom is -0.465 e. The van der Waals surface area contributed by atoms with E-state index >= 15 is 0 Å². The molecule has 3 aromatic heterocycles. The Labute approximate surface area is 275 Å². The molecule has 0 fully saturated rings. The molecule has 0 saturated carbocycles. The number of halogens is 3. The van der Waals surface area contributed by atoms with Crippen molar-refractivity contribution in [3.05, 3.63) is 107 Å². The fourth-order valence-corrected chi connectivity index (χ4v) is 7.44. The molecule has 10 heteroatoms. The minimum absolute atomic E-state index is 0.136. The Bertz CT molecular complexity index is 1800. The number of rotatable bonds is 10. The summed E-state index contributed by atoms with van der Waals surface area (Å²) in [5.41, 5.74) is 5.15. The van der Waals surface area contributed by atoms with Crippen LogP contribution in [0.3, 0.4) is 0 Å². The number of ether oxygens (including phenoxy) is 1. The van der Waals surface area contributed by atoms with Gasteiger partial charge in [-0.1, -0.05) is 51.1 Å². The van der Waals surface area contributed by atoms with Gasteiger partial charge in [0, 0.05) is 54.8 Å². The molecule has 3 heterocycles. The largest absolute Gasteiger partial charge is 0.465 e. The van der Waals surface area contributed by atoms with Crippen LogP contribution < -0.4 is 0 Å². The summed E-state index contributed by atoms with van der Waals surface area (Å²) in [4.78, 5) is 27.9. The summed E-state index contributed by atoms with van der Waals surface area (Å²) in [7, 11) is 0. The molecule has 2 aromatic carbocycles. The molecule has 0 radical (unpaired) electrons. The van der Waals surface area contributed by atoms with Gasteiger partial charge >= 0.3 is 12.1 Å². The summed E-state index contributed by atoms with van der Waals surface area (Å²) in [5, 5.41) is 1.10. The van der Waals surface area contributed by atoms with E-state index in [4.69, 9.17) is 4.74 Å². The molecule has 1 atom stereocenters.